The van der Waals surface area contributed by atoms with Crippen LogP contribution in [0.1, 0.15) is 28.5 Å². The molecule has 0 bridgehead atoms. The van der Waals surface area contributed by atoms with Crippen molar-refractivity contribution < 1.29 is 24.4 Å². The van der Waals surface area contributed by atoms with Gasteiger partial charge in [0.2, 0.25) is 0 Å². The highest BCUT2D eigenvalue weighted by molar-refractivity contribution is 5.16. The van der Waals surface area contributed by atoms with E-state index in [-0.39, 0.29) is 19.8 Å². The summed E-state index contributed by atoms with van der Waals surface area (Å²) in [6.45, 7) is 0.829. The molecular weight excluding hydrogens is 466 g/mol. The lowest BCUT2D eigenvalue weighted by atomic mass is 9.99. The van der Waals surface area contributed by atoms with Crippen LogP contribution in [0.2, 0.25) is 0 Å². The maximum absolute atomic E-state index is 11.4. The first kappa shape index (κ1) is 26.7. The SMILES string of the molecule is OC(c1ccccn1)[C@H](OCc1ccccc1)[C@H](OCc1ccccc1)[C@H](O)COCc1ccccc1. The van der Waals surface area contributed by atoms with Gasteiger partial charge in [0.05, 0.1) is 32.1 Å². The molecule has 2 N–H and O–H groups in total. The molecular formula is C31H33NO5. The van der Waals surface area contributed by atoms with Crippen LogP contribution in [0.5, 0.6) is 0 Å². The summed E-state index contributed by atoms with van der Waals surface area (Å²) in [4.78, 5) is 4.32. The zero-order valence-corrected chi connectivity index (χ0v) is 20.7. The molecule has 4 rings (SSSR count). The predicted molar refractivity (Wildman–Crippen MR) is 141 cm³/mol. The van der Waals surface area contributed by atoms with Crippen molar-refractivity contribution in [2.24, 2.45) is 0 Å². The van der Waals surface area contributed by atoms with Gasteiger partial charge in [0.25, 0.3) is 0 Å². The monoisotopic (exact) mass is 499 g/mol. The van der Waals surface area contributed by atoms with Crippen LogP contribution in [0.25, 0.3) is 0 Å². The first-order valence-corrected chi connectivity index (χ1v) is 12.4. The lowest BCUT2D eigenvalue weighted by molar-refractivity contribution is -0.178. The van der Waals surface area contributed by atoms with Crippen molar-refractivity contribution in [2.75, 3.05) is 6.61 Å². The molecule has 6 nitrogen and oxygen atoms in total. The number of hydrogen-bond acceptors (Lipinski definition) is 6. The van der Waals surface area contributed by atoms with E-state index in [4.69, 9.17) is 14.2 Å². The van der Waals surface area contributed by atoms with Gasteiger partial charge >= 0.3 is 0 Å². The van der Waals surface area contributed by atoms with Gasteiger partial charge < -0.3 is 24.4 Å². The summed E-state index contributed by atoms with van der Waals surface area (Å²) in [6, 6.07) is 34.5. The molecule has 0 fully saturated rings. The van der Waals surface area contributed by atoms with Crippen LogP contribution in [0.3, 0.4) is 0 Å². The number of ether oxygens (including phenoxy) is 3. The molecule has 1 aromatic heterocycles. The first-order chi connectivity index (χ1) is 18.2. The van der Waals surface area contributed by atoms with Crippen molar-refractivity contribution >= 4 is 0 Å². The summed E-state index contributed by atoms with van der Waals surface area (Å²) < 4.78 is 18.3. The Bertz CT molecular complexity index is 1150. The average molecular weight is 500 g/mol. The topological polar surface area (TPSA) is 81.0 Å². The van der Waals surface area contributed by atoms with Gasteiger partial charge in [0.1, 0.15) is 24.4 Å². The summed E-state index contributed by atoms with van der Waals surface area (Å²) in [5, 5.41) is 22.6. The largest absolute Gasteiger partial charge is 0.388 e. The third-order valence-corrected chi connectivity index (χ3v) is 5.98. The molecule has 4 aromatic rings. The minimum atomic E-state index is -1.13. The molecule has 192 valence electrons. The summed E-state index contributed by atoms with van der Waals surface area (Å²) in [5.74, 6) is 0. The second kappa shape index (κ2) is 14.4. The molecule has 0 saturated carbocycles. The molecule has 0 amide bonds. The summed E-state index contributed by atoms with van der Waals surface area (Å²) in [5.41, 5.74) is 3.32. The Balaban J connectivity index is 1.54. The zero-order valence-electron chi connectivity index (χ0n) is 20.7. The second-order valence-electron chi connectivity index (χ2n) is 8.79. The smallest absolute Gasteiger partial charge is 0.125 e. The van der Waals surface area contributed by atoms with Gasteiger partial charge in [0, 0.05) is 6.20 Å². The minimum absolute atomic E-state index is 0.00842. The Labute approximate surface area is 218 Å². The molecule has 0 saturated heterocycles. The van der Waals surface area contributed by atoms with Crippen LogP contribution in [-0.4, -0.2) is 40.1 Å². The first-order valence-electron chi connectivity index (χ1n) is 12.4. The van der Waals surface area contributed by atoms with Crippen molar-refractivity contribution in [3.05, 3.63) is 138 Å². The van der Waals surface area contributed by atoms with Gasteiger partial charge in [-0.05, 0) is 28.8 Å². The van der Waals surface area contributed by atoms with Crippen LogP contribution in [0.4, 0.5) is 0 Å². The van der Waals surface area contributed by atoms with Crippen LogP contribution >= 0.6 is 0 Å². The van der Waals surface area contributed by atoms with Crippen molar-refractivity contribution in [3.8, 4) is 0 Å². The minimum Gasteiger partial charge on any atom is -0.388 e. The molecule has 0 aliphatic rings. The Morgan fingerprint density at radius 1 is 0.568 bits per heavy atom. The van der Waals surface area contributed by atoms with Crippen molar-refractivity contribution in [1.82, 2.24) is 4.98 Å². The number of aliphatic hydroxyl groups excluding tert-OH is 2. The lowest BCUT2D eigenvalue weighted by Gasteiger charge is -2.34. The predicted octanol–water partition coefficient (Wildman–Crippen LogP) is 4.86. The van der Waals surface area contributed by atoms with Crippen LogP contribution in [-0.2, 0) is 34.0 Å². The van der Waals surface area contributed by atoms with Crippen molar-refractivity contribution in [3.63, 3.8) is 0 Å². The zero-order chi connectivity index (χ0) is 25.7. The highest BCUT2D eigenvalue weighted by Crippen LogP contribution is 2.26. The quantitative estimate of drug-likeness (QED) is 0.258. The fourth-order valence-electron chi connectivity index (χ4n) is 4.01. The standard InChI is InChI=1S/C31H33NO5/c33-28(23-35-20-24-12-4-1-5-13-24)30(36-21-25-14-6-2-7-15-25)31(29(34)27-18-10-11-19-32-27)37-22-26-16-8-3-9-17-26/h1-19,28-31,33-34H,20-23H2/t28-,29?,30-,31+/m1/s1. The second-order valence-corrected chi connectivity index (χ2v) is 8.79. The normalized spacial score (nSPS) is 14.5. The van der Waals surface area contributed by atoms with E-state index in [1.165, 1.54) is 0 Å². The summed E-state index contributed by atoms with van der Waals surface area (Å²) in [7, 11) is 0. The molecule has 0 aliphatic carbocycles. The van der Waals surface area contributed by atoms with Gasteiger partial charge in [-0.25, -0.2) is 0 Å². The Morgan fingerprint density at radius 2 is 1.05 bits per heavy atom. The molecule has 1 unspecified atom stereocenters. The third kappa shape index (κ3) is 8.32. The van der Waals surface area contributed by atoms with Gasteiger partial charge in [0.15, 0.2) is 0 Å². The van der Waals surface area contributed by atoms with E-state index in [2.05, 4.69) is 4.98 Å². The fraction of sp³-hybridized carbons (Fsp3) is 0.258. The van der Waals surface area contributed by atoms with E-state index in [0.29, 0.717) is 12.3 Å². The fourth-order valence-corrected chi connectivity index (χ4v) is 4.01. The average Bonchev–Trinajstić information content (AvgIpc) is 2.96. The summed E-state index contributed by atoms with van der Waals surface area (Å²) in [6.07, 6.45) is -2.38. The molecule has 6 heteroatoms. The molecule has 3 aromatic carbocycles. The highest BCUT2D eigenvalue weighted by Gasteiger charge is 2.37. The third-order valence-electron chi connectivity index (χ3n) is 5.98. The molecule has 1 heterocycles. The van der Waals surface area contributed by atoms with Crippen LogP contribution < -0.4 is 0 Å². The Hall–Kier alpha value is -3.39. The molecule has 37 heavy (non-hydrogen) atoms. The number of hydrogen-bond donors (Lipinski definition) is 2. The van der Waals surface area contributed by atoms with E-state index in [0.717, 1.165) is 16.7 Å². The molecule has 0 radical (unpaired) electrons. The van der Waals surface area contributed by atoms with Crippen molar-refractivity contribution in [1.29, 1.82) is 0 Å². The maximum atomic E-state index is 11.4. The molecule has 4 atom stereocenters. The van der Waals surface area contributed by atoms with E-state index >= 15 is 0 Å². The van der Waals surface area contributed by atoms with Gasteiger partial charge in [-0.1, -0.05) is 97.1 Å². The van der Waals surface area contributed by atoms with E-state index < -0.39 is 24.4 Å². The number of pyridine rings is 1. The number of nitrogens with zero attached hydrogens (tertiary/aromatic N) is 1. The lowest BCUT2D eigenvalue weighted by Crippen LogP contribution is -2.46. The van der Waals surface area contributed by atoms with Crippen LogP contribution in [0, 0.1) is 0 Å². The van der Waals surface area contributed by atoms with Gasteiger partial charge in [-0.15, -0.1) is 0 Å². The highest BCUT2D eigenvalue weighted by atomic mass is 16.6. The van der Waals surface area contributed by atoms with Gasteiger partial charge in [-0.2, -0.15) is 0 Å². The van der Waals surface area contributed by atoms with E-state index in [9.17, 15) is 10.2 Å². The summed E-state index contributed by atoms with van der Waals surface area (Å²) >= 11 is 0. The number of aromatic nitrogens is 1. The van der Waals surface area contributed by atoms with Crippen molar-refractivity contribution in [2.45, 2.75) is 44.2 Å². The molecule has 0 aliphatic heterocycles. The Kier molecular flexibility index (Phi) is 10.4. The number of benzene rings is 3. The Morgan fingerprint density at radius 3 is 1.57 bits per heavy atom. The van der Waals surface area contributed by atoms with Gasteiger partial charge in [-0.3, -0.25) is 4.98 Å². The van der Waals surface area contributed by atoms with E-state index in [1.807, 2.05) is 91.0 Å². The molecule has 0 spiro atoms. The van der Waals surface area contributed by atoms with E-state index in [1.54, 1.807) is 24.4 Å². The van der Waals surface area contributed by atoms with Crippen LogP contribution in [0.15, 0.2) is 115 Å². The number of aliphatic hydroxyl groups is 2. The number of rotatable bonds is 14. The maximum Gasteiger partial charge on any atom is 0.125 e.